The number of benzene rings is 2. The predicted octanol–water partition coefficient (Wildman–Crippen LogP) is 4.67. The molecule has 0 unspecified atom stereocenters. The van der Waals surface area contributed by atoms with E-state index in [1.165, 1.54) is 30.5 Å². The Labute approximate surface area is 142 Å². The van der Waals surface area contributed by atoms with Gasteiger partial charge in [0.1, 0.15) is 12.1 Å². The molecule has 0 atom stereocenters. The maximum atomic E-state index is 4.47. The van der Waals surface area contributed by atoms with Gasteiger partial charge >= 0.3 is 0 Å². The molecule has 122 valence electrons. The second-order valence-electron chi connectivity index (χ2n) is 6.41. The zero-order chi connectivity index (χ0) is 16.4. The van der Waals surface area contributed by atoms with Crippen LogP contribution >= 0.6 is 0 Å². The SMILES string of the molecule is Cc1cccc2ncnc(Nc3cccc(N4CCCCC4)c3)c12. The van der Waals surface area contributed by atoms with Crippen molar-refractivity contribution in [3.05, 3.63) is 54.4 Å². The monoisotopic (exact) mass is 318 g/mol. The highest BCUT2D eigenvalue weighted by molar-refractivity contribution is 5.93. The molecule has 0 aliphatic carbocycles. The zero-order valence-corrected chi connectivity index (χ0v) is 14.0. The van der Waals surface area contributed by atoms with Gasteiger partial charge in [-0.05, 0) is 56.0 Å². The number of aryl methyl sites for hydroxylation is 1. The van der Waals surface area contributed by atoms with Gasteiger partial charge in [-0.3, -0.25) is 0 Å². The van der Waals surface area contributed by atoms with Crippen molar-refractivity contribution in [2.75, 3.05) is 23.3 Å². The fourth-order valence-corrected chi connectivity index (χ4v) is 3.45. The molecule has 1 saturated heterocycles. The summed E-state index contributed by atoms with van der Waals surface area (Å²) in [7, 11) is 0. The molecule has 4 nitrogen and oxygen atoms in total. The fraction of sp³-hybridized carbons (Fsp3) is 0.300. The predicted molar refractivity (Wildman–Crippen MR) is 100 cm³/mol. The van der Waals surface area contributed by atoms with E-state index < -0.39 is 0 Å². The molecule has 0 radical (unpaired) electrons. The summed E-state index contributed by atoms with van der Waals surface area (Å²) < 4.78 is 0. The van der Waals surface area contributed by atoms with Crippen molar-refractivity contribution in [2.24, 2.45) is 0 Å². The van der Waals surface area contributed by atoms with Crippen molar-refractivity contribution < 1.29 is 0 Å². The van der Waals surface area contributed by atoms with Crippen molar-refractivity contribution in [2.45, 2.75) is 26.2 Å². The van der Waals surface area contributed by atoms with E-state index in [1.807, 2.05) is 12.1 Å². The number of anilines is 3. The maximum Gasteiger partial charge on any atom is 0.141 e. The number of hydrogen-bond donors (Lipinski definition) is 1. The Kier molecular flexibility index (Phi) is 4.03. The quantitative estimate of drug-likeness (QED) is 0.762. The summed E-state index contributed by atoms with van der Waals surface area (Å²) in [6, 6.07) is 14.8. The molecular weight excluding hydrogens is 296 g/mol. The third-order valence-electron chi connectivity index (χ3n) is 4.70. The minimum atomic E-state index is 0.869. The first-order chi connectivity index (χ1) is 11.8. The molecule has 2 heterocycles. The lowest BCUT2D eigenvalue weighted by Crippen LogP contribution is -2.29. The molecule has 1 N–H and O–H groups in total. The summed E-state index contributed by atoms with van der Waals surface area (Å²) in [5, 5.41) is 4.58. The van der Waals surface area contributed by atoms with E-state index in [-0.39, 0.29) is 0 Å². The topological polar surface area (TPSA) is 41.1 Å². The summed E-state index contributed by atoms with van der Waals surface area (Å²) in [4.78, 5) is 11.3. The first-order valence-electron chi connectivity index (χ1n) is 8.64. The third kappa shape index (κ3) is 2.92. The van der Waals surface area contributed by atoms with Gasteiger partial charge in [0.15, 0.2) is 0 Å². The van der Waals surface area contributed by atoms with Crippen LogP contribution in [-0.4, -0.2) is 23.1 Å². The summed E-state index contributed by atoms with van der Waals surface area (Å²) in [5.74, 6) is 0.869. The van der Waals surface area contributed by atoms with Crippen LogP contribution in [0.5, 0.6) is 0 Å². The Morgan fingerprint density at radius 2 is 1.79 bits per heavy atom. The van der Waals surface area contributed by atoms with Crippen molar-refractivity contribution in [3.8, 4) is 0 Å². The van der Waals surface area contributed by atoms with E-state index in [0.717, 1.165) is 35.5 Å². The van der Waals surface area contributed by atoms with E-state index in [2.05, 4.69) is 57.4 Å². The third-order valence-corrected chi connectivity index (χ3v) is 4.70. The largest absolute Gasteiger partial charge is 0.371 e. The highest BCUT2D eigenvalue weighted by Crippen LogP contribution is 2.28. The Hall–Kier alpha value is -2.62. The number of fused-ring (bicyclic) bond motifs is 1. The molecule has 1 aromatic heterocycles. The van der Waals surface area contributed by atoms with Gasteiger partial charge < -0.3 is 10.2 Å². The highest BCUT2D eigenvalue weighted by Gasteiger charge is 2.12. The van der Waals surface area contributed by atoms with Crippen LogP contribution < -0.4 is 10.2 Å². The molecule has 0 amide bonds. The Morgan fingerprint density at radius 1 is 0.958 bits per heavy atom. The molecule has 1 aliphatic heterocycles. The molecule has 0 saturated carbocycles. The second-order valence-corrected chi connectivity index (χ2v) is 6.41. The number of rotatable bonds is 3. The molecule has 1 fully saturated rings. The average molecular weight is 318 g/mol. The first kappa shape index (κ1) is 14.9. The number of nitrogens with zero attached hydrogens (tertiary/aromatic N) is 3. The smallest absolute Gasteiger partial charge is 0.141 e. The van der Waals surface area contributed by atoms with Crippen LogP contribution in [0.15, 0.2) is 48.8 Å². The van der Waals surface area contributed by atoms with Crippen LogP contribution in [0.1, 0.15) is 24.8 Å². The van der Waals surface area contributed by atoms with Crippen LogP contribution in [0.2, 0.25) is 0 Å². The molecule has 4 rings (SSSR count). The van der Waals surface area contributed by atoms with E-state index in [9.17, 15) is 0 Å². The van der Waals surface area contributed by atoms with Gasteiger partial charge in [0.2, 0.25) is 0 Å². The molecule has 1 aliphatic rings. The summed E-state index contributed by atoms with van der Waals surface area (Å²) >= 11 is 0. The molecule has 24 heavy (non-hydrogen) atoms. The number of hydrogen-bond acceptors (Lipinski definition) is 4. The minimum absolute atomic E-state index is 0.869. The van der Waals surface area contributed by atoms with Crippen molar-refractivity contribution >= 4 is 28.1 Å². The molecular formula is C20H22N4. The van der Waals surface area contributed by atoms with Gasteiger partial charge in [0, 0.05) is 29.9 Å². The fourth-order valence-electron chi connectivity index (χ4n) is 3.45. The lowest BCUT2D eigenvalue weighted by Gasteiger charge is -2.29. The van der Waals surface area contributed by atoms with Crippen LogP contribution in [0.25, 0.3) is 10.9 Å². The zero-order valence-electron chi connectivity index (χ0n) is 14.0. The first-order valence-corrected chi connectivity index (χ1v) is 8.64. The Bertz CT molecular complexity index is 848. The number of aromatic nitrogens is 2. The lowest BCUT2D eigenvalue weighted by molar-refractivity contribution is 0.578. The average Bonchev–Trinajstić information content (AvgIpc) is 2.63. The van der Waals surface area contributed by atoms with E-state index >= 15 is 0 Å². The summed E-state index contributed by atoms with van der Waals surface area (Å²) in [5.41, 5.74) is 4.51. The van der Waals surface area contributed by atoms with Crippen molar-refractivity contribution in [3.63, 3.8) is 0 Å². The summed E-state index contributed by atoms with van der Waals surface area (Å²) in [6.45, 7) is 4.40. The van der Waals surface area contributed by atoms with E-state index in [4.69, 9.17) is 0 Å². The van der Waals surface area contributed by atoms with Gasteiger partial charge in [-0.1, -0.05) is 18.2 Å². The van der Waals surface area contributed by atoms with Crippen molar-refractivity contribution in [1.29, 1.82) is 0 Å². The molecule has 4 heteroatoms. The van der Waals surface area contributed by atoms with Crippen molar-refractivity contribution in [1.82, 2.24) is 9.97 Å². The van der Waals surface area contributed by atoms with Crippen LogP contribution in [-0.2, 0) is 0 Å². The maximum absolute atomic E-state index is 4.47. The van der Waals surface area contributed by atoms with Gasteiger partial charge in [0.25, 0.3) is 0 Å². The van der Waals surface area contributed by atoms with Gasteiger partial charge in [-0.25, -0.2) is 9.97 Å². The Balaban J connectivity index is 1.66. The van der Waals surface area contributed by atoms with Crippen LogP contribution in [0.4, 0.5) is 17.2 Å². The van der Waals surface area contributed by atoms with Gasteiger partial charge in [-0.15, -0.1) is 0 Å². The number of piperidine rings is 1. The molecule has 2 aromatic carbocycles. The normalized spacial score (nSPS) is 14.8. The number of nitrogens with one attached hydrogen (secondary N) is 1. The van der Waals surface area contributed by atoms with E-state index in [0.29, 0.717) is 0 Å². The van der Waals surface area contributed by atoms with Crippen LogP contribution in [0.3, 0.4) is 0 Å². The molecule has 0 spiro atoms. The van der Waals surface area contributed by atoms with Crippen LogP contribution in [0, 0.1) is 6.92 Å². The summed E-state index contributed by atoms with van der Waals surface area (Å²) in [6.07, 6.45) is 5.54. The Morgan fingerprint density at radius 3 is 2.67 bits per heavy atom. The van der Waals surface area contributed by atoms with E-state index in [1.54, 1.807) is 6.33 Å². The lowest BCUT2D eigenvalue weighted by atomic mass is 10.1. The standard InChI is InChI=1S/C20H22N4/c1-15-7-5-10-18-19(15)20(22-14-21-18)23-16-8-6-9-17(13-16)24-11-3-2-4-12-24/h5-10,13-14H,2-4,11-12H2,1H3,(H,21,22,23). The van der Waals surface area contributed by atoms with Gasteiger partial charge in [0.05, 0.1) is 5.52 Å². The molecule has 0 bridgehead atoms. The van der Waals surface area contributed by atoms with Gasteiger partial charge in [-0.2, -0.15) is 0 Å². The minimum Gasteiger partial charge on any atom is -0.371 e. The molecule has 3 aromatic rings. The second kappa shape index (κ2) is 6.48. The highest BCUT2D eigenvalue weighted by atomic mass is 15.1.